The van der Waals surface area contributed by atoms with E-state index in [1.54, 1.807) is 4.57 Å². The molecule has 3 heterocycles. The topological polar surface area (TPSA) is 14.8 Å². The van der Waals surface area contributed by atoms with Crippen molar-refractivity contribution in [2.24, 2.45) is 0 Å². The monoisotopic (exact) mass is 1200 g/mol. The van der Waals surface area contributed by atoms with Crippen LogP contribution in [-0.2, 0) is 18.5 Å². The Morgan fingerprint density at radius 2 is 0.489 bits per heavy atom. The van der Waals surface area contributed by atoms with Gasteiger partial charge in [0.2, 0.25) is 0 Å². The third-order valence-corrected chi connectivity index (χ3v) is 17.8. The van der Waals surface area contributed by atoms with Crippen LogP contribution in [0.1, 0.15) is 22.3 Å². The number of hydrogen-bond donors (Lipinski definition) is 0. The van der Waals surface area contributed by atoms with E-state index < -0.39 is 35.2 Å². The Balaban J connectivity index is 0.829. The van der Waals surface area contributed by atoms with E-state index in [4.69, 9.17) is 0 Å². The van der Waals surface area contributed by atoms with Crippen molar-refractivity contribution in [1.82, 2.24) is 13.7 Å². The summed E-state index contributed by atoms with van der Waals surface area (Å²) in [6.07, 6.45) is -13.9. The standard InChI is InChI=1S/C78H46F9N3/c1-45-15-33-68-62(39-45)65-42-52(76(79,80)81)24-36-71(65)88(68)55-27-16-46(17-28-55)50-22-34-69-63(40-50)64-41-51(47-18-29-56(30-19-47)90-72-37-25-53(77(82,83)84)43-66(72)67-44-54(78(85,86)87)26-38-73(67)90)23-35-70(64)89(69)57-31-20-49(21-32-57)75-60-13-7-5-11-58(60)74(48-9-3-2-4-10-48)59-12-6-8-14-61(59)75/h2-44H,1H3. The van der Waals surface area contributed by atoms with Crippen LogP contribution in [0.15, 0.2) is 261 Å². The second-order valence-corrected chi connectivity index (χ2v) is 23.0. The van der Waals surface area contributed by atoms with Crippen LogP contribution < -0.4 is 0 Å². The number of aromatic nitrogens is 3. The van der Waals surface area contributed by atoms with E-state index in [9.17, 15) is 39.5 Å². The third kappa shape index (κ3) is 8.83. The Morgan fingerprint density at radius 3 is 0.833 bits per heavy atom. The first-order chi connectivity index (χ1) is 43.4. The fourth-order valence-corrected chi connectivity index (χ4v) is 13.6. The molecule has 0 aliphatic rings. The van der Waals surface area contributed by atoms with Crippen LogP contribution >= 0.6 is 0 Å². The maximum atomic E-state index is 14.1. The summed E-state index contributed by atoms with van der Waals surface area (Å²) in [5.41, 5.74) is 12.6. The molecular weight excluding hydrogens is 1150 g/mol. The molecule has 0 aliphatic heterocycles. The number of nitrogens with zero attached hydrogens (tertiary/aromatic N) is 3. The van der Waals surface area contributed by atoms with Gasteiger partial charge < -0.3 is 13.7 Å². The fraction of sp³-hybridized carbons (Fsp3) is 0.0513. The van der Waals surface area contributed by atoms with Crippen molar-refractivity contribution in [3.8, 4) is 61.6 Å². The van der Waals surface area contributed by atoms with Crippen molar-refractivity contribution in [3.05, 3.63) is 283 Å². The van der Waals surface area contributed by atoms with E-state index in [1.165, 1.54) is 29.8 Å². The lowest BCUT2D eigenvalue weighted by Gasteiger charge is -2.18. The molecule has 0 amide bonds. The zero-order chi connectivity index (χ0) is 61.5. The summed E-state index contributed by atoms with van der Waals surface area (Å²) in [5.74, 6) is 0. The molecule has 90 heavy (non-hydrogen) atoms. The molecule has 3 nitrogen and oxygen atoms in total. The molecule has 0 unspecified atom stereocenters. The van der Waals surface area contributed by atoms with Crippen LogP contribution in [0.4, 0.5) is 39.5 Å². The lowest BCUT2D eigenvalue weighted by Crippen LogP contribution is -2.04. The Kier molecular flexibility index (Phi) is 12.2. The third-order valence-electron chi connectivity index (χ3n) is 17.8. The molecule has 0 bridgehead atoms. The first-order valence-corrected chi connectivity index (χ1v) is 29.2. The summed E-state index contributed by atoms with van der Waals surface area (Å²) in [6.45, 7) is 1.92. The molecular formula is C78H46F9N3. The fourth-order valence-electron chi connectivity index (χ4n) is 13.6. The van der Waals surface area contributed by atoms with Gasteiger partial charge in [0.25, 0.3) is 0 Å². The minimum Gasteiger partial charge on any atom is -0.309 e. The van der Waals surface area contributed by atoms with Crippen molar-refractivity contribution in [3.63, 3.8) is 0 Å². The highest BCUT2D eigenvalue weighted by atomic mass is 19.4. The van der Waals surface area contributed by atoms with Crippen molar-refractivity contribution >= 4 is 87.0 Å². The van der Waals surface area contributed by atoms with Gasteiger partial charge >= 0.3 is 18.5 Å². The number of hydrogen-bond acceptors (Lipinski definition) is 0. The van der Waals surface area contributed by atoms with Gasteiger partial charge in [-0.1, -0.05) is 139 Å². The smallest absolute Gasteiger partial charge is 0.309 e. The number of alkyl halides is 9. The van der Waals surface area contributed by atoms with Crippen LogP contribution in [0.5, 0.6) is 0 Å². The largest absolute Gasteiger partial charge is 0.416 e. The van der Waals surface area contributed by atoms with E-state index in [0.717, 1.165) is 140 Å². The number of fused-ring (bicyclic) bond motifs is 11. The Labute approximate surface area is 507 Å². The number of halogens is 9. The van der Waals surface area contributed by atoms with Crippen LogP contribution in [-0.4, -0.2) is 13.7 Å². The van der Waals surface area contributed by atoms with Gasteiger partial charge in [-0.15, -0.1) is 0 Å². The molecule has 16 rings (SSSR count). The average molecular weight is 1200 g/mol. The zero-order valence-corrected chi connectivity index (χ0v) is 47.6. The predicted molar refractivity (Wildman–Crippen MR) is 346 cm³/mol. The molecule has 0 saturated carbocycles. The molecule has 0 saturated heterocycles. The summed E-state index contributed by atoms with van der Waals surface area (Å²) < 4.78 is 133. The molecule has 0 fully saturated rings. The molecule has 0 aliphatic carbocycles. The van der Waals surface area contributed by atoms with E-state index in [1.807, 2.05) is 90.4 Å². The lowest BCUT2D eigenvalue weighted by atomic mass is 9.86. The van der Waals surface area contributed by atoms with Crippen LogP contribution in [0.2, 0.25) is 0 Å². The average Bonchev–Trinajstić information content (AvgIpc) is 1.35. The first-order valence-electron chi connectivity index (χ1n) is 29.2. The molecule has 436 valence electrons. The molecule has 0 N–H and O–H groups in total. The van der Waals surface area contributed by atoms with Gasteiger partial charge in [0.05, 0.1) is 49.8 Å². The van der Waals surface area contributed by atoms with E-state index in [-0.39, 0.29) is 10.8 Å². The summed E-state index contributed by atoms with van der Waals surface area (Å²) in [4.78, 5) is 0. The number of benzene rings is 13. The van der Waals surface area contributed by atoms with Crippen molar-refractivity contribution in [2.45, 2.75) is 25.5 Å². The van der Waals surface area contributed by atoms with Crippen LogP contribution in [0.25, 0.3) is 149 Å². The summed E-state index contributed by atoms with van der Waals surface area (Å²) >= 11 is 0. The molecule has 3 aromatic heterocycles. The molecule has 16 aromatic rings. The van der Waals surface area contributed by atoms with Gasteiger partial charge in [-0.2, -0.15) is 39.5 Å². The first kappa shape index (κ1) is 54.5. The van der Waals surface area contributed by atoms with E-state index in [2.05, 4.69) is 132 Å². The Morgan fingerprint density at radius 1 is 0.222 bits per heavy atom. The predicted octanol–water partition coefficient (Wildman–Crippen LogP) is 23.3. The summed E-state index contributed by atoms with van der Waals surface area (Å²) in [7, 11) is 0. The minimum atomic E-state index is -4.71. The Bertz CT molecular complexity index is 5460. The lowest BCUT2D eigenvalue weighted by molar-refractivity contribution is -0.138. The number of rotatable bonds is 7. The van der Waals surface area contributed by atoms with Crippen LogP contribution in [0.3, 0.4) is 0 Å². The van der Waals surface area contributed by atoms with Gasteiger partial charge in [0, 0.05) is 49.4 Å². The normalized spacial score (nSPS) is 12.6. The highest BCUT2D eigenvalue weighted by Crippen LogP contribution is 2.47. The van der Waals surface area contributed by atoms with Crippen molar-refractivity contribution < 1.29 is 39.5 Å². The van der Waals surface area contributed by atoms with Crippen molar-refractivity contribution in [1.29, 1.82) is 0 Å². The molecule has 0 atom stereocenters. The molecule has 13 aromatic carbocycles. The molecule has 12 heteroatoms. The molecule has 0 spiro atoms. The van der Waals surface area contributed by atoms with Gasteiger partial charge in [0.15, 0.2) is 0 Å². The second kappa shape index (κ2) is 20.1. The SMILES string of the molecule is Cc1ccc2c(c1)c1cc(C(F)(F)F)ccc1n2-c1ccc(-c2ccc3c(c2)c2cc(-c4ccc(-n5c6ccc(C(F)(F)F)cc6c6cc(C(F)(F)F)ccc65)cc4)ccc2n3-c2ccc(-c3c4ccccc4c(-c4ccccc4)c4ccccc34)cc2)cc1. The van der Waals surface area contributed by atoms with Crippen molar-refractivity contribution in [2.75, 3.05) is 0 Å². The highest BCUT2D eigenvalue weighted by molar-refractivity contribution is 6.22. The zero-order valence-electron chi connectivity index (χ0n) is 47.6. The van der Waals surface area contributed by atoms with E-state index >= 15 is 0 Å². The maximum absolute atomic E-state index is 14.1. The number of aryl methyl sites for hydroxylation is 1. The van der Waals surface area contributed by atoms with Gasteiger partial charge in [-0.25, -0.2) is 0 Å². The quantitative estimate of drug-likeness (QED) is 0.112. The van der Waals surface area contributed by atoms with Crippen LogP contribution in [0, 0.1) is 6.92 Å². The van der Waals surface area contributed by atoms with E-state index in [0.29, 0.717) is 27.6 Å². The van der Waals surface area contributed by atoms with Gasteiger partial charge in [-0.05, 0) is 200 Å². The van der Waals surface area contributed by atoms with Gasteiger partial charge in [-0.3, -0.25) is 0 Å². The maximum Gasteiger partial charge on any atom is 0.416 e. The summed E-state index contributed by atoms with van der Waals surface area (Å²) in [5, 5.41) is 7.83. The summed E-state index contributed by atoms with van der Waals surface area (Å²) in [6, 6.07) is 80.5. The molecule has 0 radical (unpaired) electrons. The highest BCUT2D eigenvalue weighted by Gasteiger charge is 2.34. The Hall–Kier alpha value is -10.9. The minimum absolute atomic E-state index is 0.0467. The second-order valence-electron chi connectivity index (χ2n) is 23.0. The van der Waals surface area contributed by atoms with Gasteiger partial charge in [0.1, 0.15) is 0 Å².